The second-order valence-corrected chi connectivity index (χ2v) is 8.17. The van der Waals surface area contributed by atoms with Crippen LogP contribution < -0.4 is 19.7 Å². The maximum atomic E-state index is 12.9. The van der Waals surface area contributed by atoms with Gasteiger partial charge in [0.2, 0.25) is 0 Å². The Balaban J connectivity index is 1.42. The third-order valence-corrected chi connectivity index (χ3v) is 5.78. The highest BCUT2D eigenvalue weighted by Crippen LogP contribution is 2.40. The normalized spacial score (nSPS) is 16.1. The fraction of sp³-hybridized carbons (Fsp3) is 0.250. The highest BCUT2D eigenvalue weighted by Gasteiger charge is 2.32. The molecular weight excluding hydrogens is 449 g/mol. The van der Waals surface area contributed by atoms with Crippen molar-refractivity contribution in [2.75, 3.05) is 43.4 Å². The van der Waals surface area contributed by atoms with Gasteiger partial charge in [-0.25, -0.2) is 4.98 Å². The molecule has 0 aliphatic carbocycles. The third kappa shape index (κ3) is 4.62. The van der Waals surface area contributed by atoms with E-state index in [1.165, 1.54) is 6.07 Å². The minimum absolute atomic E-state index is 0.0887. The van der Waals surface area contributed by atoms with Crippen molar-refractivity contribution in [1.29, 1.82) is 0 Å². The van der Waals surface area contributed by atoms with Gasteiger partial charge < -0.3 is 24.6 Å². The molecule has 1 N–H and O–H groups in total. The number of nitrogens with one attached hydrogen (secondary N) is 1. The Kier molecular flexibility index (Phi) is 5.52. The van der Waals surface area contributed by atoms with E-state index in [1.807, 2.05) is 18.2 Å². The molecule has 0 radical (unpaired) electrons. The number of carbonyl (C=O) groups excluding carboxylic acids is 1. The smallest absolute Gasteiger partial charge is 0.454 e. The lowest BCUT2D eigenvalue weighted by atomic mass is 10.0. The van der Waals surface area contributed by atoms with Crippen molar-refractivity contribution < 1.29 is 27.4 Å². The van der Waals surface area contributed by atoms with Crippen molar-refractivity contribution in [3.05, 3.63) is 60.3 Å². The molecule has 3 heterocycles. The molecule has 0 bridgehead atoms. The summed E-state index contributed by atoms with van der Waals surface area (Å²) >= 11 is 0. The molecule has 176 valence electrons. The van der Waals surface area contributed by atoms with E-state index >= 15 is 0 Å². The second kappa shape index (κ2) is 8.53. The molecule has 0 spiro atoms. The summed E-state index contributed by atoms with van der Waals surface area (Å²) in [5, 5.41) is 2.61. The molecule has 10 heteroatoms. The first-order valence-electron chi connectivity index (χ1n) is 10.7. The monoisotopic (exact) mass is 470 g/mol. The maximum Gasteiger partial charge on any atom is 0.573 e. The predicted octanol–water partition coefficient (Wildman–Crippen LogP) is 4.76. The van der Waals surface area contributed by atoms with E-state index in [2.05, 4.69) is 31.9 Å². The summed E-state index contributed by atoms with van der Waals surface area (Å²) in [5.41, 5.74) is 2.04. The Labute approximate surface area is 193 Å². The number of pyridine rings is 1. The van der Waals surface area contributed by atoms with E-state index in [4.69, 9.17) is 4.74 Å². The molecule has 2 aliphatic rings. The van der Waals surface area contributed by atoms with Gasteiger partial charge in [-0.2, -0.15) is 0 Å². The summed E-state index contributed by atoms with van der Waals surface area (Å²) < 4.78 is 47.5. The Bertz CT molecular complexity index is 1240. The van der Waals surface area contributed by atoms with Gasteiger partial charge in [-0.3, -0.25) is 4.79 Å². The van der Waals surface area contributed by atoms with Crippen LogP contribution in [-0.2, 0) is 0 Å². The summed E-state index contributed by atoms with van der Waals surface area (Å²) in [5.74, 6) is 0.447. The number of hydrogen-bond acceptors (Lipinski definition) is 6. The Morgan fingerprint density at radius 1 is 0.971 bits per heavy atom. The lowest BCUT2D eigenvalue weighted by Gasteiger charge is -2.33. The van der Waals surface area contributed by atoms with Crippen LogP contribution in [0.3, 0.4) is 0 Å². The van der Waals surface area contributed by atoms with Crippen LogP contribution in [0.15, 0.2) is 54.7 Å². The van der Waals surface area contributed by atoms with Crippen molar-refractivity contribution in [3.8, 4) is 28.4 Å². The molecule has 1 fully saturated rings. The molecule has 0 saturated carbocycles. The van der Waals surface area contributed by atoms with Gasteiger partial charge in [-0.1, -0.05) is 6.07 Å². The molecule has 3 aromatic rings. The molecular formula is C24H21F3N4O3. The second-order valence-electron chi connectivity index (χ2n) is 8.17. The third-order valence-electron chi connectivity index (χ3n) is 5.78. The van der Waals surface area contributed by atoms with Gasteiger partial charge in [0.25, 0.3) is 5.91 Å². The van der Waals surface area contributed by atoms with Gasteiger partial charge in [-0.05, 0) is 54.6 Å². The Hall–Kier alpha value is -3.79. The molecule has 2 aromatic carbocycles. The number of rotatable bonds is 3. The number of nitrogens with zero attached hydrogens (tertiary/aromatic N) is 3. The van der Waals surface area contributed by atoms with Gasteiger partial charge in [0.05, 0.1) is 11.3 Å². The van der Waals surface area contributed by atoms with Crippen LogP contribution >= 0.6 is 0 Å². The topological polar surface area (TPSA) is 66.9 Å². The molecule has 2 aliphatic heterocycles. The van der Waals surface area contributed by atoms with Gasteiger partial charge in [0.15, 0.2) is 5.75 Å². The van der Waals surface area contributed by atoms with Gasteiger partial charge in [-0.15, -0.1) is 13.2 Å². The summed E-state index contributed by atoms with van der Waals surface area (Å²) in [6.45, 7) is 3.68. The minimum Gasteiger partial charge on any atom is -0.454 e. The zero-order valence-corrected chi connectivity index (χ0v) is 18.2. The average Bonchev–Trinajstić information content (AvgIpc) is 2.94. The predicted molar refractivity (Wildman–Crippen MR) is 121 cm³/mol. The van der Waals surface area contributed by atoms with Crippen LogP contribution in [0.2, 0.25) is 0 Å². The number of anilines is 2. The number of amides is 1. The van der Waals surface area contributed by atoms with E-state index < -0.39 is 18.0 Å². The van der Waals surface area contributed by atoms with E-state index in [0.717, 1.165) is 55.3 Å². The lowest BCUT2D eigenvalue weighted by molar-refractivity contribution is -0.274. The number of piperazine rings is 1. The maximum absolute atomic E-state index is 12.9. The van der Waals surface area contributed by atoms with Crippen molar-refractivity contribution in [2.24, 2.45) is 0 Å². The molecule has 1 saturated heterocycles. The molecule has 0 atom stereocenters. The first-order chi connectivity index (χ1) is 16.2. The van der Waals surface area contributed by atoms with Gasteiger partial charge in [0, 0.05) is 38.4 Å². The molecule has 34 heavy (non-hydrogen) atoms. The van der Waals surface area contributed by atoms with E-state index in [1.54, 1.807) is 18.3 Å². The summed E-state index contributed by atoms with van der Waals surface area (Å²) in [6, 6.07) is 12.6. The zero-order chi connectivity index (χ0) is 23.9. The van der Waals surface area contributed by atoms with Crippen LogP contribution in [0.4, 0.5) is 24.7 Å². The fourth-order valence-electron chi connectivity index (χ4n) is 3.98. The number of aromatic nitrogens is 1. The fourth-order valence-corrected chi connectivity index (χ4v) is 3.98. The number of benzene rings is 2. The van der Waals surface area contributed by atoms with Crippen LogP contribution in [-0.4, -0.2) is 55.4 Å². The van der Waals surface area contributed by atoms with Crippen LogP contribution in [0, 0.1) is 0 Å². The largest absolute Gasteiger partial charge is 0.573 e. The highest BCUT2D eigenvalue weighted by atomic mass is 19.4. The quantitative estimate of drug-likeness (QED) is 0.596. The molecule has 0 unspecified atom stereocenters. The number of alkyl halides is 3. The molecule has 1 aromatic heterocycles. The summed E-state index contributed by atoms with van der Waals surface area (Å²) in [7, 11) is 2.09. The van der Waals surface area contributed by atoms with Crippen molar-refractivity contribution in [1.82, 2.24) is 9.88 Å². The minimum atomic E-state index is -4.84. The van der Waals surface area contributed by atoms with Gasteiger partial charge in [0.1, 0.15) is 17.3 Å². The van der Waals surface area contributed by atoms with Gasteiger partial charge >= 0.3 is 6.36 Å². The lowest BCUT2D eigenvalue weighted by Crippen LogP contribution is -2.44. The standard InChI is InChI=1S/C24H21F3N4O3/c1-30-8-10-31(11-9-30)22-13-16(6-7-28-22)15-2-4-20-18(12-15)23(32)29-19-14-17(34-24(25,26)27)3-5-21(19)33-20/h2-7,12-14H,8-11H2,1H3,(H,29,32). The van der Waals surface area contributed by atoms with Crippen molar-refractivity contribution in [3.63, 3.8) is 0 Å². The van der Waals surface area contributed by atoms with Crippen molar-refractivity contribution in [2.45, 2.75) is 6.36 Å². The summed E-state index contributed by atoms with van der Waals surface area (Å²) in [6.07, 6.45) is -3.10. The number of hydrogen-bond donors (Lipinski definition) is 1. The average molecular weight is 470 g/mol. The number of likely N-dealkylation sites (N-methyl/N-ethyl adjacent to an activating group) is 1. The zero-order valence-electron chi connectivity index (χ0n) is 18.2. The first-order valence-corrected chi connectivity index (χ1v) is 10.7. The van der Waals surface area contributed by atoms with E-state index in [9.17, 15) is 18.0 Å². The van der Waals surface area contributed by atoms with Crippen molar-refractivity contribution >= 4 is 17.4 Å². The van der Waals surface area contributed by atoms with Crippen LogP contribution in [0.1, 0.15) is 10.4 Å². The SMILES string of the molecule is CN1CCN(c2cc(-c3ccc4c(c3)C(=O)Nc3cc(OC(F)(F)F)ccc3O4)ccn2)CC1. The molecule has 1 amide bonds. The number of ether oxygens (including phenoxy) is 2. The highest BCUT2D eigenvalue weighted by molar-refractivity contribution is 6.08. The number of halogens is 3. The Morgan fingerprint density at radius 2 is 1.71 bits per heavy atom. The number of fused-ring (bicyclic) bond motifs is 2. The van der Waals surface area contributed by atoms with Crippen LogP contribution in [0.5, 0.6) is 17.2 Å². The summed E-state index contributed by atoms with van der Waals surface area (Å²) in [4.78, 5) is 21.9. The first kappa shape index (κ1) is 22.0. The number of carbonyl (C=O) groups is 1. The molecule has 7 nitrogen and oxygen atoms in total. The van der Waals surface area contributed by atoms with E-state index in [0.29, 0.717) is 5.75 Å². The Morgan fingerprint density at radius 3 is 2.47 bits per heavy atom. The van der Waals surface area contributed by atoms with E-state index in [-0.39, 0.29) is 17.0 Å². The molecule has 5 rings (SSSR count). The van der Waals surface area contributed by atoms with Crippen LogP contribution in [0.25, 0.3) is 11.1 Å².